The van der Waals surface area contributed by atoms with E-state index in [1.54, 1.807) is 6.07 Å². The van der Waals surface area contributed by atoms with Gasteiger partial charge in [0.15, 0.2) is 5.60 Å². The van der Waals surface area contributed by atoms with Gasteiger partial charge in [-0.3, -0.25) is 4.79 Å². The van der Waals surface area contributed by atoms with Crippen molar-refractivity contribution in [1.82, 2.24) is 4.90 Å². The molecule has 1 aliphatic heterocycles. The predicted octanol–water partition coefficient (Wildman–Crippen LogP) is 5.54. The number of hydrogen-bond donors (Lipinski definition) is 1. The normalized spacial score (nSPS) is 16.2. The van der Waals surface area contributed by atoms with E-state index in [9.17, 15) is 14.7 Å². The van der Waals surface area contributed by atoms with Crippen LogP contribution in [0.1, 0.15) is 43.7 Å². The summed E-state index contributed by atoms with van der Waals surface area (Å²) in [6, 6.07) is 26.0. The van der Waals surface area contributed by atoms with Crippen molar-refractivity contribution in [2.45, 2.75) is 44.6 Å². The fourth-order valence-electron chi connectivity index (χ4n) is 4.38. The van der Waals surface area contributed by atoms with Gasteiger partial charge in [0.25, 0.3) is 0 Å². The molecule has 1 N–H and O–H groups in total. The predicted molar refractivity (Wildman–Crippen MR) is 133 cm³/mol. The molecule has 1 atom stereocenters. The Labute approximate surface area is 201 Å². The van der Waals surface area contributed by atoms with E-state index in [1.807, 2.05) is 53.4 Å². The lowest BCUT2D eigenvalue weighted by Gasteiger charge is -2.33. The summed E-state index contributed by atoms with van der Waals surface area (Å²) >= 11 is 0. The largest absolute Gasteiger partial charge is 0.478 e. The van der Waals surface area contributed by atoms with Crippen molar-refractivity contribution in [2.75, 3.05) is 13.1 Å². The Morgan fingerprint density at radius 2 is 1.68 bits per heavy atom. The molecule has 4 rings (SSSR count). The van der Waals surface area contributed by atoms with Crippen molar-refractivity contribution in [3.63, 3.8) is 0 Å². The smallest absolute Gasteiger partial charge is 0.347 e. The third-order valence-electron chi connectivity index (χ3n) is 6.41. The summed E-state index contributed by atoms with van der Waals surface area (Å²) in [6.45, 7) is 4.50. The van der Waals surface area contributed by atoms with Crippen molar-refractivity contribution in [3.8, 4) is 16.9 Å². The lowest BCUT2D eigenvalue weighted by Crippen LogP contribution is -2.40. The summed E-state index contributed by atoms with van der Waals surface area (Å²) in [6.07, 6.45) is 2.31. The van der Waals surface area contributed by atoms with Crippen molar-refractivity contribution in [3.05, 3.63) is 90.0 Å². The van der Waals surface area contributed by atoms with Gasteiger partial charge in [0.05, 0.1) is 6.42 Å². The van der Waals surface area contributed by atoms with E-state index >= 15 is 0 Å². The second kappa shape index (κ2) is 10.1. The van der Waals surface area contributed by atoms with E-state index in [-0.39, 0.29) is 11.8 Å². The zero-order valence-electron chi connectivity index (χ0n) is 19.7. The van der Waals surface area contributed by atoms with Gasteiger partial charge in [-0.15, -0.1) is 0 Å². The Bertz CT molecular complexity index is 1140. The number of nitrogens with zero attached hydrogens (tertiary/aromatic N) is 1. The number of carboxylic acid groups (broad SMARTS) is 1. The van der Waals surface area contributed by atoms with Crippen LogP contribution in [0.2, 0.25) is 0 Å². The molecule has 0 radical (unpaired) electrons. The minimum Gasteiger partial charge on any atom is -0.478 e. The van der Waals surface area contributed by atoms with Crippen molar-refractivity contribution in [1.29, 1.82) is 0 Å². The fourth-order valence-corrected chi connectivity index (χ4v) is 4.38. The zero-order valence-corrected chi connectivity index (χ0v) is 19.7. The van der Waals surface area contributed by atoms with Crippen LogP contribution in [0.3, 0.4) is 0 Å². The first-order valence-corrected chi connectivity index (χ1v) is 11.8. The van der Waals surface area contributed by atoms with Crippen LogP contribution in [0.5, 0.6) is 5.75 Å². The van der Waals surface area contributed by atoms with Gasteiger partial charge in [-0.25, -0.2) is 4.79 Å². The van der Waals surface area contributed by atoms with E-state index in [1.165, 1.54) is 13.8 Å². The summed E-state index contributed by atoms with van der Waals surface area (Å²) in [5.41, 5.74) is 3.09. The molecule has 0 aliphatic carbocycles. The lowest BCUT2D eigenvalue weighted by molar-refractivity contribution is -0.152. The Kier molecular flexibility index (Phi) is 7.01. The minimum atomic E-state index is -1.30. The number of piperidine rings is 1. The molecular weight excluding hydrogens is 426 g/mol. The molecule has 3 aromatic carbocycles. The van der Waals surface area contributed by atoms with Crippen LogP contribution in [-0.4, -0.2) is 40.6 Å². The minimum absolute atomic E-state index is 0.136. The molecule has 0 saturated carbocycles. The Morgan fingerprint density at radius 3 is 2.38 bits per heavy atom. The van der Waals surface area contributed by atoms with Crippen LogP contribution in [0, 0.1) is 0 Å². The number of ether oxygens (including phenoxy) is 1. The van der Waals surface area contributed by atoms with E-state index in [2.05, 4.69) is 24.3 Å². The molecule has 3 aromatic rings. The lowest BCUT2D eigenvalue weighted by atomic mass is 9.90. The standard InChI is InChI=1S/C29H31NO4/c1-29(2,28(32)33)34-26-12-6-10-24(19-26)25-11-7-17-30(20-25)27(31)18-21-13-15-23(16-14-21)22-8-4-3-5-9-22/h3-6,8-10,12-16,19,25H,7,11,17-18,20H2,1-2H3,(H,32,33). The first-order valence-electron chi connectivity index (χ1n) is 11.8. The Balaban J connectivity index is 1.39. The van der Waals surface area contributed by atoms with Gasteiger partial charge in [-0.2, -0.15) is 0 Å². The van der Waals surface area contributed by atoms with Crippen molar-refractivity contribution < 1.29 is 19.4 Å². The molecule has 0 spiro atoms. The van der Waals surface area contributed by atoms with Gasteiger partial charge < -0.3 is 14.7 Å². The van der Waals surface area contributed by atoms with E-state index in [4.69, 9.17) is 4.74 Å². The molecule has 1 unspecified atom stereocenters. The van der Waals surface area contributed by atoms with E-state index in [0.29, 0.717) is 18.7 Å². The summed E-state index contributed by atoms with van der Waals surface area (Å²) < 4.78 is 5.71. The molecule has 1 saturated heterocycles. The number of likely N-dealkylation sites (tertiary alicyclic amines) is 1. The molecule has 1 fully saturated rings. The molecule has 5 nitrogen and oxygen atoms in total. The molecule has 1 heterocycles. The zero-order chi connectivity index (χ0) is 24.1. The number of carbonyl (C=O) groups is 2. The van der Waals surface area contributed by atoms with Crippen LogP contribution in [0.15, 0.2) is 78.9 Å². The topological polar surface area (TPSA) is 66.8 Å². The van der Waals surface area contributed by atoms with Gasteiger partial charge in [0.2, 0.25) is 5.91 Å². The average molecular weight is 458 g/mol. The number of amides is 1. The van der Waals surface area contributed by atoms with Gasteiger partial charge in [-0.1, -0.05) is 66.7 Å². The summed E-state index contributed by atoms with van der Waals surface area (Å²) in [7, 11) is 0. The number of benzene rings is 3. The SMILES string of the molecule is CC(C)(Oc1cccc(C2CCCN(C(=O)Cc3ccc(-c4ccccc4)cc3)C2)c1)C(=O)O. The van der Waals surface area contributed by atoms with Crippen molar-refractivity contribution in [2.24, 2.45) is 0 Å². The van der Waals surface area contributed by atoms with E-state index in [0.717, 1.165) is 41.6 Å². The van der Waals surface area contributed by atoms with Crippen LogP contribution in [0.25, 0.3) is 11.1 Å². The Hall–Kier alpha value is -3.60. The van der Waals surface area contributed by atoms with E-state index < -0.39 is 11.6 Å². The summed E-state index contributed by atoms with van der Waals surface area (Å²) in [5.74, 6) is -0.137. The van der Waals surface area contributed by atoms with Gasteiger partial charge >= 0.3 is 5.97 Å². The van der Waals surface area contributed by atoms with Crippen LogP contribution >= 0.6 is 0 Å². The molecule has 0 aromatic heterocycles. The molecule has 1 amide bonds. The van der Waals surface area contributed by atoms with Crippen LogP contribution < -0.4 is 4.74 Å². The van der Waals surface area contributed by atoms with Crippen LogP contribution in [-0.2, 0) is 16.0 Å². The number of rotatable bonds is 7. The first kappa shape index (κ1) is 23.6. The van der Waals surface area contributed by atoms with Gasteiger partial charge in [0, 0.05) is 19.0 Å². The highest BCUT2D eigenvalue weighted by Crippen LogP contribution is 2.31. The molecule has 1 aliphatic rings. The maximum absolute atomic E-state index is 13.1. The van der Waals surface area contributed by atoms with Gasteiger partial charge in [-0.05, 0) is 61.1 Å². The Morgan fingerprint density at radius 1 is 0.971 bits per heavy atom. The van der Waals surface area contributed by atoms with Crippen molar-refractivity contribution >= 4 is 11.9 Å². The second-order valence-electron chi connectivity index (χ2n) is 9.41. The maximum Gasteiger partial charge on any atom is 0.347 e. The molecular formula is C29H31NO4. The third-order valence-corrected chi connectivity index (χ3v) is 6.41. The fraction of sp³-hybridized carbons (Fsp3) is 0.310. The number of carbonyl (C=O) groups excluding carboxylic acids is 1. The second-order valence-corrected chi connectivity index (χ2v) is 9.41. The maximum atomic E-state index is 13.1. The van der Waals surface area contributed by atoms with Crippen LogP contribution in [0.4, 0.5) is 0 Å². The summed E-state index contributed by atoms with van der Waals surface area (Å²) in [4.78, 5) is 26.4. The van der Waals surface area contributed by atoms with Gasteiger partial charge in [0.1, 0.15) is 5.75 Å². The third kappa shape index (κ3) is 5.66. The highest BCUT2D eigenvalue weighted by molar-refractivity contribution is 5.79. The number of aliphatic carboxylic acids is 1. The quantitative estimate of drug-likeness (QED) is 0.506. The monoisotopic (exact) mass is 457 g/mol. The molecule has 34 heavy (non-hydrogen) atoms. The molecule has 5 heteroatoms. The highest BCUT2D eigenvalue weighted by Gasteiger charge is 2.30. The highest BCUT2D eigenvalue weighted by atomic mass is 16.5. The molecule has 176 valence electrons. The first-order chi connectivity index (χ1) is 16.3. The average Bonchev–Trinajstić information content (AvgIpc) is 2.85. The molecule has 0 bridgehead atoms. The number of carboxylic acids is 1. The summed E-state index contributed by atoms with van der Waals surface area (Å²) in [5, 5.41) is 9.34. The number of hydrogen-bond acceptors (Lipinski definition) is 3.